The summed E-state index contributed by atoms with van der Waals surface area (Å²) < 4.78 is 71.4. The quantitative estimate of drug-likeness (QED) is 0.852. The average Bonchev–Trinajstić information content (AvgIpc) is 2.48. The number of ether oxygens (including phenoxy) is 1. The first kappa shape index (κ1) is 17.8. The molecule has 0 aliphatic heterocycles. The van der Waals surface area contributed by atoms with E-state index < -0.39 is 44.7 Å². The summed E-state index contributed by atoms with van der Waals surface area (Å²) in [6.45, 7) is 1.36. The molecule has 0 aromatic heterocycles. The molecule has 9 heteroatoms. The number of rotatable bonds is 4. The zero-order valence-corrected chi connectivity index (χ0v) is 13.4. The van der Waals surface area contributed by atoms with Gasteiger partial charge in [0.25, 0.3) is 10.0 Å². The number of halogens is 3. The summed E-state index contributed by atoms with van der Waals surface area (Å²) in [5.74, 6) is -4.14. The normalized spacial score (nSPS) is 11.2. The van der Waals surface area contributed by atoms with Crippen LogP contribution in [0.5, 0.6) is 0 Å². The van der Waals surface area contributed by atoms with Crippen LogP contribution in [0.4, 0.5) is 18.9 Å². The van der Waals surface area contributed by atoms with E-state index in [1.807, 2.05) is 4.72 Å². The molecular formula is C15H12F3NO4S. The third-order valence-electron chi connectivity index (χ3n) is 3.13. The maximum Gasteiger partial charge on any atom is 0.340 e. The van der Waals surface area contributed by atoms with Gasteiger partial charge in [0.15, 0.2) is 0 Å². The molecule has 0 saturated carbocycles. The Bertz CT molecular complexity index is 913. The van der Waals surface area contributed by atoms with Crippen LogP contribution in [0, 0.1) is 24.4 Å². The number of hydrogen-bond acceptors (Lipinski definition) is 4. The molecule has 0 fully saturated rings. The van der Waals surface area contributed by atoms with Gasteiger partial charge in [-0.3, -0.25) is 4.72 Å². The fourth-order valence-electron chi connectivity index (χ4n) is 2.01. The molecule has 5 nitrogen and oxygen atoms in total. The SMILES string of the molecule is COC(=O)c1cc(NS(=O)(=O)c2ccc(F)cc2C)c(F)cc1F. The molecule has 1 N–H and O–H groups in total. The first-order valence-electron chi connectivity index (χ1n) is 6.52. The number of hydrogen-bond donors (Lipinski definition) is 1. The average molecular weight is 359 g/mol. The predicted octanol–water partition coefficient (Wildman–Crippen LogP) is 3.00. The summed E-state index contributed by atoms with van der Waals surface area (Å²) in [6.07, 6.45) is 0. The van der Waals surface area contributed by atoms with E-state index in [1.54, 1.807) is 0 Å². The van der Waals surface area contributed by atoms with E-state index >= 15 is 0 Å². The third-order valence-corrected chi connectivity index (χ3v) is 4.66. The topological polar surface area (TPSA) is 72.5 Å². The molecule has 24 heavy (non-hydrogen) atoms. The monoisotopic (exact) mass is 359 g/mol. The smallest absolute Gasteiger partial charge is 0.340 e. The molecule has 0 amide bonds. The van der Waals surface area contributed by atoms with Crippen molar-refractivity contribution in [3.63, 3.8) is 0 Å². The Kier molecular flexibility index (Phi) is 4.83. The molecule has 0 heterocycles. The number of benzene rings is 2. The van der Waals surface area contributed by atoms with Crippen molar-refractivity contribution in [2.24, 2.45) is 0 Å². The first-order valence-corrected chi connectivity index (χ1v) is 8.00. The summed E-state index contributed by atoms with van der Waals surface area (Å²) >= 11 is 0. The Balaban J connectivity index is 2.48. The van der Waals surface area contributed by atoms with Gasteiger partial charge in [-0.25, -0.2) is 26.4 Å². The number of methoxy groups -OCH3 is 1. The van der Waals surface area contributed by atoms with Crippen molar-refractivity contribution in [1.29, 1.82) is 0 Å². The minimum absolute atomic E-state index is 0.0956. The largest absolute Gasteiger partial charge is 0.465 e. The Hall–Kier alpha value is -2.55. The van der Waals surface area contributed by atoms with Crippen molar-refractivity contribution in [3.05, 3.63) is 58.9 Å². The molecule has 0 spiro atoms. The number of sulfonamides is 1. The lowest BCUT2D eigenvalue weighted by molar-refractivity contribution is 0.0595. The van der Waals surface area contributed by atoms with Crippen LogP contribution in [0.25, 0.3) is 0 Å². The van der Waals surface area contributed by atoms with Gasteiger partial charge >= 0.3 is 5.97 Å². The second kappa shape index (κ2) is 6.52. The summed E-state index contributed by atoms with van der Waals surface area (Å²) in [5, 5.41) is 0. The number of aryl methyl sites for hydroxylation is 1. The van der Waals surface area contributed by atoms with Crippen LogP contribution in [0.15, 0.2) is 35.2 Å². The highest BCUT2D eigenvalue weighted by Crippen LogP contribution is 2.25. The van der Waals surface area contributed by atoms with Crippen LogP contribution in [-0.4, -0.2) is 21.5 Å². The van der Waals surface area contributed by atoms with E-state index in [-0.39, 0.29) is 10.5 Å². The van der Waals surface area contributed by atoms with Crippen LogP contribution < -0.4 is 4.72 Å². The zero-order valence-electron chi connectivity index (χ0n) is 12.6. The van der Waals surface area contributed by atoms with Gasteiger partial charge in [-0.15, -0.1) is 0 Å². The molecule has 2 aromatic carbocycles. The lowest BCUT2D eigenvalue weighted by Crippen LogP contribution is -2.16. The Morgan fingerprint density at radius 3 is 2.33 bits per heavy atom. The molecule has 0 unspecified atom stereocenters. The number of nitrogens with one attached hydrogen (secondary N) is 1. The number of esters is 1. The van der Waals surface area contributed by atoms with Gasteiger partial charge in [0.05, 0.1) is 23.3 Å². The highest BCUT2D eigenvalue weighted by molar-refractivity contribution is 7.92. The van der Waals surface area contributed by atoms with E-state index in [1.165, 1.54) is 6.92 Å². The lowest BCUT2D eigenvalue weighted by Gasteiger charge is -2.12. The van der Waals surface area contributed by atoms with Gasteiger partial charge in [-0.05, 0) is 36.8 Å². The summed E-state index contributed by atoms with van der Waals surface area (Å²) in [4.78, 5) is 11.1. The zero-order chi connectivity index (χ0) is 18.1. The van der Waals surface area contributed by atoms with Crippen molar-refractivity contribution < 1.29 is 31.1 Å². The van der Waals surface area contributed by atoms with E-state index in [4.69, 9.17) is 0 Å². The van der Waals surface area contributed by atoms with Crippen LogP contribution in [0.2, 0.25) is 0 Å². The molecule has 0 aliphatic rings. The molecule has 0 radical (unpaired) electrons. The molecule has 0 saturated heterocycles. The number of carbonyl (C=O) groups is 1. The van der Waals surface area contributed by atoms with Crippen molar-refractivity contribution in [1.82, 2.24) is 0 Å². The Morgan fingerprint density at radius 1 is 1.08 bits per heavy atom. The molecule has 128 valence electrons. The van der Waals surface area contributed by atoms with Crippen LogP contribution >= 0.6 is 0 Å². The van der Waals surface area contributed by atoms with Gasteiger partial charge in [-0.2, -0.15) is 0 Å². The van der Waals surface area contributed by atoms with Gasteiger partial charge in [0.1, 0.15) is 17.5 Å². The molecule has 0 aliphatic carbocycles. The molecule has 0 atom stereocenters. The van der Waals surface area contributed by atoms with Crippen molar-refractivity contribution >= 4 is 21.7 Å². The van der Waals surface area contributed by atoms with E-state index in [9.17, 15) is 26.4 Å². The Labute approximate surface area is 136 Å². The first-order chi connectivity index (χ1) is 11.2. The van der Waals surface area contributed by atoms with Crippen molar-refractivity contribution in [2.45, 2.75) is 11.8 Å². The van der Waals surface area contributed by atoms with E-state index in [2.05, 4.69) is 4.74 Å². The highest BCUT2D eigenvalue weighted by Gasteiger charge is 2.22. The third kappa shape index (κ3) is 3.51. The van der Waals surface area contributed by atoms with Crippen LogP contribution in [0.3, 0.4) is 0 Å². The maximum absolute atomic E-state index is 13.8. The van der Waals surface area contributed by atoms with Gasteiger partial charge in [-0.1, -0.05) is 0 Å². The molecule has 2 aromatic rings. The van der Waals surface area contributed by atoms with E-state index in [0.717, 1.165) is 25.3 Å². The minimum Gasteiger partial charge on any atom is -0.465 e. The lowest BCUT2D eigenvalue weighted by atomic mass is 10.2. The van der Waals surface area contributed by atoms with Gasteiger partial charge < -0.3 is 4.74 Å². The maximum atomic E-state index is 13.8. The highest BCUT2D eigenvalue weighted by atomic mass is 32.2. The minimum atomic E-state index is -4.28. The summed E-state index contributed by atoms with van der Waals surface area (Å²) in [5.41, 5.74) is -1.17. The predicted molar refractivity (Wildman–Crippen MR) is 79.6 cm³/mol. The summed E-state index contributed by atoms with van der Waals surface area (Å²) in [7, 11) is -3.28. The number of carbonyl (C=O) groups excluding carboxylic acids is 1. The van der Waals surface area contributed by atoms with E-state index in [0.29, 0.717) is 12.1 Å². The second-order valence-corrected chi connectivity index (χ2v) is 6.47. The summed E-state index contributed by atoms with van der Waals surface area (Å²) in [6, 6.07) is 3.99. The second-order valence-electron chi connectivity index (χ2n) is 4.82. The van der Waals surface area contributed by atoms with Crippen LogP contribution in [-0.2, 0) is 14.8 Å². The molecular weight excluding hydrogens is 347 g/mol. The Morgan fingerprint density at radius 2 is 1.75 bits per heavy atom. The standard InChI is InChI=1S/C15H12F3NO4S/c1-8-5-9(16)3-4-14(8)24(21,22)19-13-6-10(15(20)23-2)11(17)7-12(13)18/h3-7,19H,1-2H3. The van der Waals surface area contributed by atoms with Crippen molar-refractivity contribution in [3.8, 4) is 0 Å². The van der Waals surface area contributed by atoms with Gasteiger partial charge in [0.2, 0.25) is 0 Å². The molecule has 2 rings (SSSR count). The number of anilines is 1. The van der Waals surface area contributed by atoms with Crippen molar-refractivity contribution in [2.75, 3.05) is 11.8 Å². The molecule has 0 bridgehead atoms. The fourth-order valence-corrected chi connectivity index (χ4v) is 3.29. The fraction of sp³-hybridized carbons (Fsp3) is 0.133. The van der Waals surface area contributed by atoms with Gasteiger partial charge in [0, 0.05) is 6.07 Å². The van der Waals surface area contributed by atoms with Crippen LogP contribution in [0.1, 0.15) is 15.9 Å².